The van der Waals surface area contributed by atoms with Crippen LogP contribution in [-0.2, 0) is 6.42 Å². The Labute approximate surface area is 174 Å². The molecule has 29 heavy (non-hydrogen) atoms. The second kappa shape index (κ2) is 8.32. The van der Waals surface area contributed by atoms with Crippen LogP contribution >= 0.6 is 11.6 Å². The monoisotopic (exact) mass is 405 g/mol. The van der Waals surface area contributed by atoms with E-state index < -0.39 is 0 Å². The number of nitrogens with zero attached hydrogens (tertiary/aromatic N) is 3. The Balaban J connectivity index is 1.54. The molecule has 0 aliphatic carbocycles. The number of imidazole rings is 1. The van der Waals surface area contributed by atoms with Gasteiger partial charge in [-0.15, -0.1) is 0 Å². The minimum Gasteiger partial charge on any atom is -0.496 e. The molecule has 0 aliphatic heterocycles. The fourth-order valence-electron chi connectivity index (χ4n) is 3.06. The fourth-order valence-corrected chi connectivity index (χ4v) is 3.27. The van der Waals surface area contributed by atoms with Crippen molar-refractivity contribution in [1.82, 2.24) is 19.9 Å². The predicted molar refractivity (Wildman–Crippen MR) is 115 cm³/mol. The van der Waals surface area contributed by atoms with Gasteiger partial charge in [-0.25, -0.2) is 15.0 Å². The Kier molecular flexibility index (Phi) is 5.44. The summed E-state index contributed by atoms with van der Waals surface area (Å²) in [6, 6.07) is 15.5. The summed E-state index contributed by atoms with van der Waals surface area (Å²) in [7, 11) is 1.64. The molecule has 2 heterocycles. The highest BCUT2D eigenvalue weighted by molar-refractivity contribution is 6.30. The molecule has 0 unspecified atom stereocenters. The minimum atomic E-state index is 0.521. The van der Waals surface area contributed by atoms with Crippen LogP contribution in [0.4, 0.5) is 11.6 Å². The van der Waals surface area contributed by atoms with Gasteiger partial charge in [0.1, 0.15) is 11.6 Å². The van der Waals surface area contributed by atoms with Crippen molar-refractivity contribution in [3.05, 3.63) is 82.9 Å². The molecule has 0 bridgehead atoms. The first kappa shape index (κ1) is 19.0. The number of methoxy groups -OCH3 is 1. The van der Waals surface area contributed by atoms with Crippen LogP contribution in [0.15, 0.2) is 60.9 Å². The molecule has 146 valence electrons. The van der Waals surface area contributed by atoms with E-state index in [1.165, 1.54) is 0 Å². The van der Waals surface area contributed by atoms with Gasteiger partial charge in [-0.3, -0.25) is 0 Å². The number of hydrogen-bond donors (Lipinski definition) is 2. The molecule has 0 radical (unpaired) electrons. The number of ether oxygens (including phenoxy) is 1. The molecule has 4 aromatic rings. The van der Waals surface area contributed by atoms with Gasteiger partial charge in [-0.05, 0) is 42.8 Å². The van der Waals surface area contributed by atoms with Crippen LogP contribution < -0.4 is 10.1 Å². The van der Waals surface area contributed by atoms with E-state index >= 15 is 0 Å². The Morgan fingerprint density at radius 2 is 2.00 bits per heavy atom. The zero-order chi connectivity index (χ0) is 20.2. The van der Waals surface area contributed by atoms with Gasteiger partial charge in [0.15, 0.2) is 0 Å². The number of anilines is 2. The Morgan fingerprint density at radius 1 is 1.10 bits per heavy atom. The molecule has 0 saturated heterocycles. The van der Waals surface area contributed by atoms with Crippen molar-refractivity contribution in [3.63, 3.8) is 0 Å². The van der Waals surface area contributed by atoms with E-state index in [1.807, 2.05) is 61.7 Å². The summed E-state index contributed by atoms with van der Waals surface area (Å²) in [5.41, 5.74) is 4.64. The molecule has 4 rings (SSSR count). The summed E-state index contributed by atoms with van der Waals surface area (Å²) < 4.78 is 5.55. The van der Waals surface area contributed by atoms with Crippen molar-refractivity contribution in [2.45, 2.75) is 13.3 Å². The molecule has 0 spiro atoms. The molecule has 0 atom stereocenters. The van der Waals surface area contributed by atoms with Gasteiger partial charge in [-0.1, -0.05) is 23.7 Å². The van der Waals surface area contributed by atoms with Gasteiger partial charge >= 0.3 is 0 Å². The van der Waals surface area contributed by atoms with Crippen LogP contribution in [0.2, 0.25) is 5.02 Å². The third kappa shape index (κ3) is 4.55. The van der Waals surface area contributed by atoms with Gasteiger partial charge in [0.2, 0.25) is 5.95 Å². The average Bonchev–Trinajstić information content (AvgIpc) is 3.14. The number of nitrogens with one attached hydrogen (secondary N) is 2. The molecule has 6 nitrogen and oxygen atoms in total. The molecule has 0 fully saturated rings. The van der Waals surface area contributed by atoms with E-state index in [0.717, 1.165) is 34.0 Å². The summed E-state index contributed by atoms with van der Waals surface area (Å²) in [5.74, 6) is 2.00. The van der Waals surface area contributed by atoms with Crippen LogP contribution in [0, 0.1) is 6.92 Å². The SMILES string of the molecule is COc1cc(Nc2nccc(Cc3cccc(Cl)c3)n2)ccc1-c1nc(C)c[nH]1. The predicted octanol–water partition coefficient (Wildman–Crippen LogP) is 5.17. The molecular weight excluding hydrogens is 386 g/mol. The topological polar surface area (TPSA) is 75.7 Å². The highest BCUT2D eigenvalue weighted by Gasteiger charge is 2.11. The van der Waals surface area contributed by atoms with Gasteiger partial charge in [0.05, 0.1) is 24.1 Å². The number of aromatic amines is 1. The summed E-state index contributed by atoms with van der Waals surface area (Å²) in [5, 5.41) is 3.96. The lowest BCUT2D eigenvalue weighted by Crippen LogP contribution is -2.01. The lowest BCUT2D eigenvalue weighted by molar-refractivity contribution is 0.416. The first-order valence-electron chi connectivity index (χ1n) is 9.14. The molecule has 2 N–H and O–H groups in total. The van der Waals surface area contributed by atoms with Crippen molar-refractivity contribution in [2.75, 3.05) is 12.4 Å². The van der Waals surface area contributed by atoms with Crippen molar-refractivity contribution in [3.8, 4) is 17.1 Å². The molecule has 2 aromatic carbocycles. The summed E-state index contributed by atoms with van der Waals surface area (Å²) in [4.78, 5) is 16.6. The summed E-state index contributed by atoms with van der Waals surface area (Å²) >= 11 is 6.07. The molecule has 2 aromatic heterocycles. The van der Waals surface area contributed by atoms with E-state index in [2.05, 4.69) is 25.3 Å². The zero-order valence-electron chi connectivity index (χ0n) is 16.1. The highest BCUT2D eigenvalue weighted by atomic mass is 35.5. The van der Waals surface area contributed by atoms with Crippen LogP contribution in [0.25, 0.3) is 11.4 Å². The largest absolute Gasteiger partial charge is 0.496 e. The number of rotatable bonds is 6. The first-order chi connectivity index (χ1) is 14.1. The third-order valence-corrected chi connectivity index (χ3v) is 4.64. The van der Waals surface area contributed by atoms with Crippen LogP contribution in [0.1, 0.15) is 17.0 Å². The van der Waals surface area contributed by atoms with Gasteiger partial charge in [-0.2, -0.15) is 0 Å². The van der Waals surface area contributed by atoms with Crippen molar-refractivity contribution >= 4 is 23.2 Å². The summed E-state index contributed by atoms with van der Waals surface area (Å²) in [6.07, 6.45) is 4.28. The Bertz CT molecular complexity index is 1140. The normalized spacial score (nSPS) is 10.7. The first-order valence-corrected chi connectivity index (χ1v) is 9.52. The maximum absolute atomic E-state index is 6.07. The smallest absolute Gasteiger partial charge is 0.227 e. The van der Waals surface area contributed by atoms with Crippen LogP contribution in [-0.4, -0.2) is 27.0 Å². The highest BCUT2D eigenvalue weighted by Crippen LogP contribution is 2.31. The van der Waals surface area contributed by atoms with E-state index in [9.17, 15) is 0 Å². The number of aromatic nitrogens is 4. The lowest BCUT2D eigenvalue weighted by atomic mass is 10.1. The third-order valence-electron chi connectivity index (χ3n) is 4.41. The lowest BCUT2D eigenvalue weighted by Gasteiger charge is -2.11. The average molecular weight is 406 g/mol. The van der Waals surface area contributed by atoms with E-state index in [4.69, 9.17) is 16.3 Å². The second-order valence-corrected chi connectivity index (χ2v) is 7.05. The standard InChI is InChI=1S/C22H20ClN5O/c1-14-13-25-21(26-14)19-7-6-17(12-20(19)29-2)27-22-24-9-8-18(28-22)11-15-4-3-5-16(23)10-15/h3-10,12-13H,11H2,1-2H3,(H,25,26)(H,24,27,28). The van der Waals surface area contributed by atoms with Gasteiger partial charge < -0.3 is 15.0 Å². The maximum Gasteiger partial charge on any atom is 0.227 e. The molecule has 7 heteroatoms. The van der Waals surface area contributed by atoms with Crippen molar-refractivity contribution in [2.24, 2.45) is 0 Å². The summed E-state index contributed by atoms with van der Waals surface area (Å²) in [6.45, 7) is 1.94. The number of benzene rings is 2. The number of halogens is 1. The Hall–Kier alpha value is -3.38. The zero-order valence-corrected chi connectivity index (χ0v) is 16.9. The van der Waals surface area contributed by atoms with Gasteiger partial charge in [0, 0.05) is 35.6 Å². The minimum absolute atomic E-state index is 0.521. The van der Waals surface area contributed by atoms with Crippen LogP contribution in [0.3, 0.4) is 0 Å². The van der Waals surface area contributed by atoms with E-state index in [-0.39, 0.29) is 0 Å². The van der Waals surface area contributed by atoms with Gasteiger partial charge in [0.25, 0.3) is 0 Å². The second-order valence-electron chi connectivity index (χ2n) is 6.61. The van der Waals surface area contributed by atoms with E-state index in [1.54, 1.807) is 13.3 Å². The number of H-pyrrole nitrogens is 1. The fraction of sp³-hybridized carbons (Fsp3) is 0.136. The van der Waals surface area contributed by atoms with Crippen LogP contribution in [0.5, 0.6) is 5.75 Å². The van der Waals surface area contributed by atoms with Crippen molar-refractivity contribution < 1.29 is 4.74 Å². The quantitative estimate of drug-likeness (QED) is 0.462. The molecule has 0 aliphatic rings. The Morgan fingerprint density at radius 3 is 2.76 bits per heavy atom. The number of aryl methyl sites for hydroxylation is 1. The van der Waals surface area contributed by atoms with E-state index in [0.29, 0.717) is 23.1 Å². The number of hydrogen-bond acceptors (Lipinski definition) is 5. The van der Waals surface area contributed by atoms with Crippen molar-refractivity contribution in [1.29, 1.82) is 0 Å². The molecular formula is C22H20ClN5O. The molecule has 0 amide bonds. The molecule has 0 saturated carbocycles. The maximum atomic E-state index is 6.07.